The van der Waals surface area contributed by atoms with Gasteiger partial charge in [0.05, 0.1) is 5.71 Å². The van der Waals surface area contributed by atoms with Crippen LogP contribution in [0.2, 0.25) is 0 Å². The van der Waals surface area contributed by atoms with Crippen LogP contribution in [0.5, 0.6) is 0 Å². The van der Waals surface area contributed by atoms with E-state index in [1.165, 1.54) is 0 Å². The van der Waals surface area contributed by atoms with Crippen LogP contribution in [0.1, 0.15) is 32.8 Å². The van der Waals surface area contributed by atoms with Crippen molar-refractivity contribution in [2.75, 3.05) is 6.54 Å². The fourth-order valence-corrected chi connectivity index (χ4v) is 2.15. The number of amides is 2. The fraction of sp³-hybridized carbons (Fsp3) is 0.471. The minimum Gasteiger partial charge on any atom is -0.382 e. The van der Waals surface area contributed by atoms with Crippen molar-refractivity contribution in [3.63, 3.8) is 0 Å². The van der Waals surface area contributed by atoms with E-state index >= 15 is 0 Å². The van der Waals surface area contributed by atoms with Gasteiger partial charge in [-0.3, -0.25) is 9.59 Å². The van der Waals surface area contributed by atoms with Gasteiger partial charge in [0.1, 0.15) is 6.04 Å². The van der Waals surface area contributed by atoms with Crippen LogP contribution in [-0.2, 0) is 14.4 Å². The van der Waals surface area contributed by atoms with E-state index in [2.05, 4.69) is 15.8 Å². The second kappa shape index (κ2) is 7.76. The molecule has 0 saturated carbocycles. The van der Waals surface area contributed by atoms with Crippen LogP contribution >= 0.6 is 0 Å². The van der Waals surface area contributed by atoms with Gasteiger partial charge >= 0.3 is 0 Å². The van der Waals surface area contributed by atoms with Crippen LogP contribution < -0.4 is 10.6 Å². The SMILES string of the molecule is CC(C)CNC(=O)C(C)NC(=O)C1CC(c2ccccc2)=NO1. The van der Waals surface area contributed by atoms with Gasteiger partial charge in [0.2, 0.25) is 12.0 Å². The summed E-state index contributed by atoms with van der Waals surface area (Å²) in [7, 11) is 0. The molecule has 1 aromatic rings. The Balaban J connectivity index is 1.82. The molecule has 6 nitrogen and oxygen atoms in total. The van der Waals surface area contributed by atoms with E-state index in [4.69, 9.17) is 4.84 Å². The van der Waals surface area contributed by atoms with Crippen molar-refractivity contribution in [2.24, 2.45) is 11.1 Å². The van der Waals surface area contributed by atoms with E-state index in [0.717, 1.165) is 11.3 Å². The van der Waals surface area contributed by atoms with Crippen molar-refractivity contribution in [1.82, 2.24) is 10.6 Å². The summed E-state index contributed by atoms with van der Waals surface area (Å²) < 4.78 is 0. The number of nitrogens with one attached hydrogen (secondary N) is 2. The molecular formula is C17H23N3O3. The molecule has 6 heteroatoms. The molecule has 0 saturated heterocycles. The summed E-state index contributed by atoms with van der Waals surface area (Å²) in [6.45, 7) is 6.26. The molecule has 1 heterocycles. The van der Waals surface area contributed by atoms with Crippen molar-refractivity contribution in [3.8, 4) is 0 Å². The predicted molar refractivity (Wildman–Crippen MR) is 87.9 cm³/mol. The third-order valence-electron chi connectivity index (χ3n) is 3.50. The van der Waals surface area contributed by atoms with Crippen molar-refractivity contribution in [3.05, 3.63) is 35.9 Å². The van der Waals surface area contributed by atoms with Crippen LogP contribution in [-0.4, -0.2) is 36.2 Å². The van der Waals surface area contributed by atoms with Gasteiger partial charge in [-0.25, -0.2) is 0 Å². The second-order valence-corrected chi connectivity index (χ2v) is 6.07. The molecule has 0 fully saturated rings. The molecule has 0 radical (unpaired) electrons. The van der Waals surface area contributed by atoms with E-state index in [0.29, 0.717) is 18.9 Å². The number of carbonyl (C=O) groups excluding carboxylic acids is 2. The Hall–Kier alpha value is -2.37. The van der Waals surface area contributed by atoms with Crippen LogP contribution in [0.25, 0.3) is 0 Å². The highest BCUT2D eigenvalue weighted by Crippen LogP contribution is 2.16. The first kappa shape index (κ1) is 17.0. The third-order valence-corrected chi connectivity index (χ3v) is 3.50. The average Bonchev–Trinajstić information content (AvgIpc) is 3.03. The molecule has 2 amide bonds. The third kappa shape index (κ3) is 4.81. The first-order valence-electron chi connectivity index (χ1n) is 7.83. The Labute approximate surface area is 136 Å². The summed E-state index contributed by atoms with van der Waals surface area (Å²) in [5, 5.41) is 9.43. The van der Waals surface area contributed by atoms with Gasteiger partial charge in [0, 0.05) is 13.0 Å². The number of rotatable bonds is 6. The smallest absolute Gasteiger partial charge is 0.264 e. The molecule has 1 aliphatic rings. The van der Waals surface area contributed by atoms with Crippen molar-refractivity contribution in [2.45, 2.75) is 39.3 Å². The molecule has 0 aromatic heterocycles. The molecule has 2 rings (SSSR count). The predicted octanol–water partition coefficient (Wildman–Crippen LogP) is 1.46. The van der Waals surface area contributed by atoms with Gasteiger partial charge in [-0.05, 0) is 18.4 Å². The van der Waals surface area contributed by atoms with Gasteiger partial charge in [0.25, 0.3) is 5.91 Å². The number of nitrogens with zero attached hydrogens (tertiary/aromatic N) is 1. The normalized spacial score (nSPS) is 18.1. The Morgan fingerprint density at radius 1 is 1.26 bits per heavy atom. The summed E-state index contributed by atoms with van der Waals surface area (Å²) >= 11 is 0. The van der Waals surface area contributed by atoms with Crippen molar-refractivity contribution in [1.29, 1.82) is 0 Å². The maximum Gasteiger partial charge on any atom is 0.264 e. The van der Waals surface area contributed by atoms with Gasteiger partial charge in [-0.2, -0.15) is 0 Å². The van der Waals surface area contributed by atoms with Gasteiger partial charge < -0.3 is 15.5 Å². The van der Waals surface area contributed by atoms with Crippen LogP contribution in [0.3, 0.4) is 0 Å². The van der Waals surface area contributed by atoms with Crippen LogP contribution in [0.15, 0.2) is 35.5 Å². The molecule has 2 atom stereocenters. The topological polar surface area (TPSA) is 79.8 Å². The average molecular weight is 317 g/mol. The largest absolute Gasteiger partial charge is 0.382 e. The lowest BCUT2D eigenvalue weighted by molar-refractivity contribution is -0.135. The molecule has 1 aliphatic heterocycles. The van der Waals surface area contributed by atoms with E-state index in [1.54, 1.807) is 6.92 Å². The number of oxime groups is 1. The Kier molecular flexibility index (Phi) is 5.73. The number of benzene rings is 1. The first-order chi connectivity index (χ1) is 11.0. The molecule has 0 spiro atoms. The lowest BCUT2D eigenvalue weighted by atomic mass is 10.0. The van der Waals surface area contributed by atoms with Crippen LogP contribution in [0.4, 0.5) is 0 Å². The van der Waals surface area contributed by atoms with E-state index in [1.807, 2.05) is 44.2 Å². The molecule has 0 aliphatic carbocycles. The maximum absolute atomic E-state index is 12.2. The lowest BCUT2D eigenvalue weighted by Gasteiger charge is -2.16. The van der Waals surface area contributed by atoms with Crippen molar-refractivity contribution < 1.29 is 14.4 Å². The second-order valence-electron chi connectivity index (χ2n) is 6.07. The molecule has 2 N–H and O–H groups in total. The summed E-state index contributed by atoms with van der Waals surface area (Å²) in [4.78, 5) is 29.3. The summed E-state index contributed by atoms with van der Waals surface area (Å²) in [5.41, 5.74) is 1.67. The summed E-state index contributed by atoms with van der Waals surface area (Å²) in [6, 6.07) is 8.97. The number of hydrogen-bond acceptors (Lipinski definition) is 4. The van der Waals surface area contributed by atoms with Gasteiger partial charge in [0.15, 0.2) is 0 Å². The van der Waals surface area contributed by atoms with E-state index < -0.39 is 12.1 Å². The lowest BCUT2D eigenvalue weighted by Crippen LogP contribution is -2.48. The van der Waals surface area contributed by atoms with E-state index in [-0.39, 0.29) is 11.8 Å². The minimum absolute atomic E-state index is 0.200. The monoisotopic (exact) mass is 317 g/mol. The molecule has 1 aromatic carbocycles. The first-order valence-corrected chi connectivity index (χ1v) is 7.83. The van der Waals surface area contributed by atoms with Gasteiger partial charge in [-0.15, -0.1) is 0 Å². The van der Waals surface area contributed by atoms with Crippen molar-refractivity contribution >= 4 is 17.5 Å². The maximum atomic E-state index is 12.2. The zero-order chi connectivity index (χ0) is 16.8. The summed E-state index contributed by atoms with van der Waals surface area (Å²) in [6.07, 6.45) is -0.290. The zero-order valence-corrected chi connectivity index (χ0v) is 13.7. The highest BCUT2D eigenvalue weighted by molar-refractivity contribution is 6.04. The highest BCUT2D eigenvalue weighted by atomic mass is 16.6. The highest BCUT2D eigenvalue weighted by Gasteiger charge is 2.30. The molecule has 23 heavy (non-hydrogen) atoms. The zero-order valence-electron chi connectivity index (χ0n) is 13.7. The summed E-state index contributed by atoms with van der Waals surface area (Å²) in [5.74, 6) is -0.164. The Bertz CT molecular complexity index is 584. The molecular weight excluding hydrogens is 294 g/mol. The Morgan fingerprint density at radius 2 is 1.96 bits per heavy atom. The van der Waals surface area contributed by atoms with E-state index in [9.17, 15) is 9.59 Å². The quantitative estimate of drug-likeness (QED) is 0.833. The minimum atomic E-state index is -0.689. The number of carbonyl (C=O) groups is 2. The fourth-order valence-electron chi connectivity index (χ4n) is 2.15. The standard InChI is InChI=1S/C17H23N3O3/c1-11(2)10-18-16(21)12(3)19-17(22)15-9-14(20-23-15)13-7-5-4-6-8-13/h4-8,11-12,15H,9-10H2,1-3H3,(H,18,21)(H,19,22). The molecule has 124 valence electrons. The molecule has 2 unspecified atom stereocenters. The van der Waals surface area contributed by atoms with Gasteiger partial charge in [-0.1, -0.05) is 49.3 Å². The molecule has 0 bridgehead atoms. The number of hydrogen-bond donors (Lipinski definition) is 2. The Morgan fingerprint density at radius 3 is 2.61 bits per heavy atom. The van der Waals surface area contributed by atoms with Crippen LogP contribution in [0, 0.1) is 5.92 Å².